The summed E-state index contributed by atoms with van der Waals surface area (Å²) in [5.74, 6) is -0.0134. The average Bonchev–Trinajstić information content (AvgIpc) is 2.16. The van der Waals surface area contributed by atoms with Crippen molar-refractivity contribution in [3.8, 4) is 0 Å². The summed E-state index contributed by atoms with van der Waals surface area (Å²) in [5, 5.41) is 0. The molecule has 0 aliphatic rings. The second-order valence-corrected chi connectivity index (χ2v) is 4.42. The molecule has 0 amide bonds. The monoisotopic (exact) mass is 218 g/mol. The molecule has 0 aliphatic carbocycles. The summed E-state index contributed by atoms with van der Waals surface area (Å²) >= 11 is 6.37. The molecule has 0 aliphatic heterocycles. The fraction of sp³-hybridized carbons (Fsp3) is 0.727. The molecule has 1 unspecified atom stereocenters. The average molecular weight is 219 g/mol. The van der Waals surface area contributed by atoms with Crippen LogP contribution in [0.4, 0.5) is 0 Å². The van der Waals surface area contributed by atoms with Crippen LogP contribution in [0.1, 0.15) is 33.6 Å². The lowest BCUT2D eigenvalue weighted by Gasteiger charge is -2.29. The Morgan fingerprint density at radius 3 is 2.57 bits per heavy atom. The van der Waals surface area contributed by atoms with Gasteiger partial charge in [0.1, 0.15) is 0 Å². The van der Waals surface area contributed by atoms with Crippen molar-refractivity contribution >= 4 is 17.6 Å². The maximum Gasteiger partial charge on any atom is 0.330 e. The van der Waals surface area contributed by atoms with Crippen molar-refractivity contribution in [2.45, 2.75) is 38.5 Å². The number of rotatable bonds is 6. The standard InChI is InChI=1S/C11H19ClO2/c1-5-10(13)14-8-7-11(12,6-2)9(3)4/h5,9H,1,6-8H2,2-4H3. The first-order valence-electron chi connectivity index (χ1n) is 4.94. The molecule has 0 aromatic carbocycles. The number of halogens is 1. The van der Waals surface area contributed by atoms with Crippen molar-refractivity contribution in [3.05, 3.63) is 12.7 Å². The lowest BCUT2D eigenvalue weighted by Crippen LogP contribution is -2.29. The summed E-state index contributed by atoms with van der Waals surface area (Å²) in [6.45, 7) is 9.88. The molecule has 82 valence electrons. The number of hydrogen-bond acceptors (Lipinski definition) is 2. The van der Waals surface area contributed by atoms with E-state index in [0.717, 1.165) is 12.5 Å². The summed E-state index contributed by atoms with van der Waals surface area (Å²) in [6.07, 6.45) is 2.72. The summed E-state index contributed by atoms with van der Waals surface area (Å²) in [6, 6.07) is 0. The van der Waals surface area contributed by atoms with Gasteiger partial charge in [0.15, 0.2) is 0 Å². The van der Waals surface area contributed by atoms with Gasteiger partial charge in [0.2, 0.25) is 0 Å². The van der Waals surface area contributed by atoms with Gasteiger partial charge in [0.25, 0.3) is 0 Å². The lowest BCUT2D eigenvalue weighted by molar-refractivity contribution is -0.138. The Hall–Kier alpha value is -0.500. The van der Waals surface area contributed by atoms with Crippen LogP contribution in [0.3, 0.4) is 0 Å². The number of alkyl halides is 1. The van der Waals surface area contributed by atoms with Crippen LogP contribution in [0.5, 0.6) is 0 Å². The quantitative estimate of drug-likeness (QED) is 0.389. The van der Waals surface area contributed by atoms with Crippen molar-refractivity contribution in [2.24, 2.45) is 5.92 Å². The molecule has 1 atom stereocenters. The van der Waals surface area contributed by atoms with Gasteiger partial charge >= 0.3 is 5.97 Å². The van der Waals surface area contributed by atoms with Crippen LogP contribution < -0.4 is 0 Å². The second kappa shape index (κ2) is 6.07. The topological polar surface area (TPSA) is 26.3 Å². The molecule has 0 radical (unpaired) electrons. The summed E-state index contributed by atoms with van der Waals surface area (Å²) in [5.41, 5.74) is 0. The maximum atomic E-state index is 10.8. The predicted molar refractivity (Wildman–Crippen MR) is 59.5 cm³/mol. The number of carbonyl (C=O) groups is 1. The van der Waals surface area contributed by atoms with Gasteiger partial charge in [-0.2, -0.15) is 0 Å². The molecule has 3 heteroatoms. The largest absolute Gasteiger partial charge is 0.462 e. The van der Waals surface area contributed by atoms with Crippen molar-refractivity contribution in [2.75, 3.05) is 6.61 Å². The lowest BCUT2D eigenvalue weighted by atomic mass is 9.89. The Kier molecular flexibility index (Phi) is 5.86. The fourth-order valence-corrected chi connectivity index (χ4v) is 1.33. The van der Waals surface area contributed by atoms with Crippen LogP contribution in [0.25, 0.3) is 0 Å². The number of carbonyl (C=O) groups excluding carboxylic acids is 1. The van der Waals surface area contributed by atoms with E-state index in [1.54, 1.807) is 0 Å². The van der Waals surface area contributed by atoms with Crippen LogP contribution in [0.15, 0.2) is 12.7 Å². The predicted octanol–water partition coefficient (Wildman–Crippen LogP) is 3.15. The Balaban J connectivity index is 3.96. The van der Waals surface area contributed by atoms with Gasteiger partial charge in [-0.05, 0) is 12.3 Å². The van der Waals surface area contributed by atoms with E-state index in [2.05, 4.69) is 20.4 Å². The Labute approximate surface area is 91.3 Å². The molecule has 14 heavy (non-hydrogen) atoms. The number of hydrogen-bond donors (Lipinski definition) is 0. The molecule has 0 N–H and O–H groups in total. The van der Waals surface area contributed by atoms with Crippen LogP contribution in [0, 0.1) is 5.92 Å². The van der Waals surface area contributed by atoms with E-state index in [-0.39, 0.29) is 10.8 Å². The van der Waals surface area contributed by atoms with Crippen molar-refractivity contribution in [1.82, 2.24) is 0 Å². The fourth-order valence-electron chi connectivity index (χ4n) is 1.25. The third-order valence-corrected chi connectivity index (χ3v) is 3.44. The minimum absolute atomic E-state index is 0.262. The van der Waals surface area contributed by atoms with Gasteiger partial charge in [-0.1, -0.05) is 27.4 Å². The molecule has 0 heterocycles. The van der Waals surface area contributed by atoms with E-state index in [4.69, 9.17) is 16.3 Å². The molecule has 0 saturated heterocycles. The Bertz CT molecular complexity index is 201. The molecule has 0 saturated carbocycles. The van der Waals surface area contributed by atoms with Gasteiger partial charge in [-0.15, -0.1) is 11.6 Å². The van der Waals surface area contributed by atoms with Crippen molar-refractivity contribution in [3.63, 3.8) is 0 Å². The zero-order valence-corrected chi connectivity index (χ0v) is 9.93. The molecular weight excluding hydrogens is 200 g/mol. The maximum absolute atomic E-state index is 10.8. The first-order valence-corrected chi connectivity index (χ1v) is 5.32. The van der Waals surface area contributed by atoms with Crippen LogP contribution in [-0.4, -0.2) is 17.5 Å². The van der Waals surface area contributed by atoms with E-state index in [0.29, 0.717) is 18.9 Å². The summed E-state index contributed by atoms with van der Waals surface area (Å²) in [7, 11) is 0. The smallest absolute Gasteiger partial charge is 0.330 e. The summed E-state index contributed by atoms with van der Waals surface area (Å²) in [4.78, 5) is 10.5. The molecular formula is C11H19ClO2. The minimum atomic E-state index is -0.385. The Morgan fingerprint density at radius 1 is 1.64 bits per heavy atom. The van der Waals surface area contributed by atoms with Gasteiger partial charge in [0, 0.05) is 17.4 Å². The molecule has 0 aromatic heterocycles. The molecule has 0 spiro atoms. The van der Waals surface area contributed by atoms with Gasteiger partial charge in [0.05, 0.1) is 6.61 Å². The van der Waals surface area contributed by atoms with E-state index >= 15 is 0 Å². The number of ether oxygens (including phenoxy) is 1. The van der Waals surface area contributed by atoms with E-state index in [9.17, 15) is 4.79 Å². The molecule has 0 fully saturated rings. The third-order valence-electron chi connectivity index (χ3n) is 2.55. The van der Waals surface area contributed by atoms with E-state index in [1.807, 2.05) is 6.92 Å². The van der Waals surface area contributed by atoms with Crippen LogP contribution >= 0.6 is 11.6 Å². The zero-order valence-electron chi connectivity index (χ0n) is 9.18. The molecule has 0 aromatic rings. The highest BCUT2D eigenvalue weighted by Gasteiger charge is 2.29. The minimum Gasteiger partial charge on any atom is -0.462 e. The molecule has 2 nitrogen and oxygen atoms in total. The van der Waals surface area contributed by atoms with Crippen molar-refractivity contribution in [1.29, 1.82) is 0 Å². The Morgan fingerprint density at radius 2 is 2.21 bits per heavy atom. The van der Waals surface area contributed by atoms with E-state index < -0.39 is 0 Å². The van der Waals surface area contributed by atoms with Gasteiger partial charge in [-0.3, -0.25) is 0 Å². The highest BCUT2D eigenvalue weighted by atomic mass is 35.5. The highest BCUT2D eigenvalue weighted by Crippen LogP contribution is 2.32. The first-order chi connectivity index (χ1) is 6.46. The SMILES string of the molecule is C=CC(=O)OCCC(Cl)(CC)C(C)C. The second-order valence-electron chi connectivity index (χ2n) is 3.66. The number of esters is 1. The van der Waals surface area contributed by atoms with Gasteiger partial charge < -0.3 is 4.74 Å². The summed E-state index contributed by atoms with van der Waals surface area (Å²) < 4.78 is 4.90. The van der Waals surface area contributed by atoms with Crippen molar-refractivity contribution < 1.29 is 9.53 Å². The van der Waals surface area contributed by atoms with E-state index in [1.165, 1.54) is 0 Å². The first kappa shape index (κ1) is 13.5. The normalized spacial score (nSPS) is 14.9. The van der Waals surface area contributed by atoms with Crippen LogP contribution in [-0.2, 0) is 9.53 Å². The van der Waals surface area contributed by atoms with Crippen LogP contribution in [0.2, 0.25) is 0 Å². The van der Waals surface area contributed by atoms with Gasteiger partial charge in [-0.25, -0.2) is 4.79 Å². The third kappa shape index (κ3) is 4.14. The highest BCUT2D eigenvalue weighted by molar-refractivity contribution is 6.24. The molecule has 0 rings (SSSR count). The molecule has 0 bridgehead atoms. The zero-order chi connectivity index (χ0) is 11.2.